The smallest absolute Gasteiger partial charge is 0.253 e. The molecule has 1 fully saturated rings. The summed E-state index contributed by atoms with van der Waals surface area (Å²) in [5.74, 6) is -0.0355. The Kier molecular flexibility index (Phi) is 5.07. The van der Waals surface area contributed by atoms with Crippen LogP contribution in [0.2, 0.25) is 10.0 Å². The Morgan fingerprint density at radius 1 is 1.04 bits per heavy atom. The zero-order valence-corrected chi connectivity index (χ0v) is 14.3. The second kappa shape index (κ2) is 7.24. The first-order valence-electron chi connectivity index (χ1n) is 7.66. The van der Waals surface area contributed by atoms with Crippen molar-refractivity contribution in [1.82, 2.24) is 5.32 Å². The Hall–Kier alpha value is -2.04. The topological polar surface area (TPSA) is 58.2 Å². The van der Waals surface area contributed by atoms with Crippen molar-refractivity contribution in [2.24, 2.45) is 5.92 Å². The molecule has 6 heteroatoms. The fourth-order valence-corrected chi connectivity index (χ4v) is 2.64. The summed E-state index contributed by atoms with van der Waals surface area (Å²) in [7, 11) is 0. The molecule has 0 unspecified atom stereocenters. The van der Waals surface area contributed by atoms with Gasteiger partial charge in [-0.2, -0.15) is 0 Å². The molecule has 2 amide bonds. The maximum absolute atomic E-state index is 12.2. The lowest BCUT2D eigenvalue weighted by molar-refractivity contribution is -0.117. The fraction of sp³-hybridized carbons (Fsp3) is 0.222. The van der Waals surface area contributed by atoms with Gasteiger partial charge in [0.15, 0.2) is 0 Å². The number of hydrogen-bond acceptors (Lipinski definition) is 2. The normalized spacial score (nSPS) is 13.4. The molecule has 2 aromatic carbocycles. The molecule has 124 valence electrons. The van der Waals surface area contributed by atoms with Crippen LogP contribution in [0.1, 0.15) is 28.8 Å². The number of carbonyl (C=O) groups excluding carboxylic acids is 2. The van der Waals surface area contributed by atoms with Crippen LogP contribution in [0.3, 0.4) is 0 Å². The number of amides is 2. The van der Waals surface area contributed by atoms with Crippen LogP contribution in [0.4, 0.5) is 5.69 Å². The molecule has 4 nitrogen and oxygen atoms in total. The highest BCUT2D eigenvalue weighted by atomic mass is 35.5. The van der Waals surface area contributed by atoms with Gasteiger partial charge in [-0.05, 0) is 42.7 Å². The van der Waals surface area contributed by atoms with E-state index in [1.165, 1.54) is 0 Å². The van der Waals surface area contributed by atoms with Crippen molar-refractivity contribution >= 4 is 40.7 Å². The van der Waals surface area contributed by atoms with E-state index >= 15 is 0 Å². The predicted octanol–water partition coefficient (Wildman–Crippen LogP) is 4.27. The zero-order valence-electron chi connectivity index (χ0n) is 12.8. The van der Waals surface area contributed by atoms with Crippen LogP contribution in [0.5, 0.6) is 0 Å². The maximum Gasteiger partial charge on any atom is 0.253 e. The molecular weight excluding hydrogens is 347 g/mol. The van der Waals surface area contributed by atoms with Crippen LogP contribution in [0, 0.1) is 5.92 Å². The van der Waals surface area contributed by atoms with Crippen LogP contribution >= 0.6 is 23.2 Å². The summed E-state index contributed by atoms with van der Waals surface area (Å²) in [6.07, 6.45) is 1.95. The first kappa shape index (κ1) is 16.8. The van der Waals surface area contributed by atoms with Gasteiger partial charge >= 0.3 is 0 Å². The van der Waals surface area contributed by atoms with Crippen LogP contribution in [0.15, 0.2) is 42.5 Å². The van der Waals surface area contributed by atoms with Gasteiger partial charge in [0.2, 0.25) is 5.91 Å². The molecule has 1 saturated carbocycles. The Morgan fingerprint density at radius 3 is 2.42 bits per heavy atom. The standard InChI is InChI=1S/C18H16Cl2N2O2/c19-15-3-1-2-14(16(15)20)18(24)21-10-11-4-8-13(9-5-11)22-17(23)12-6-7-12/h1-5,8-9,12H,6-7,10H2,(H,21,24)(H,22,23). The molecule has 1 aliphatic rings. The number of hydrogen-bond donors (Lipinski definition) is 2. The summed E-state index contributed by atoms with van der Waals surface area (Å²) in [4.78, 5) is 23.9. The molecule has 0 radical (unpaired) electrons. The van der Waals surface area contributed by atoms with E-state index in [9.17, 15) is 9.59 Å². The van der Waals surface area contributed by atoms with E-state index in [4.69, 9.17) is 23.2 Å². The van der Waals surface area contributed by atoms with Gasteiger partial charge in [0, 0.05) is 18.2 Å². The van der Waals surface area contributed by atoms with Crippen molar-refractivity contribution in [1.29, 1.82) is 0 Å². The lowest BCUT2D eigenvalue weighted by atomic mass is 10.1. The third kappa shape index (κ3) is 4.08. The SMILES string of the molecule is O=C(NCc1ccc(NC(=O)C2CC2)cc1)c1cccc(Cl)c1Cl. The Morgan fingerprint density at radius 2 is 1.75 bits per heavy atom. The molecule has 2 aromatic rings. The molecule has 3 rings (SSSR count). The summed E-state index contributed by atoms with van der Waals surface area (Å²) in [6, 6.07) is 12.3. The van der Waals surface area contributed by atoms with Gasteiger partial charge in [-0.15, -0.1) is 0 Å². The van der Waals surface area contributed by atoms with E-state index in [2.05, 4.69) is 10.6 Å². The average Bonchev–Trinajstić information content (AvgIpc) is 3.41. The second-order valence-corrected chi connectivity index (χ2v) is 6.53. The number of halogens is 2. The number of nitrogens with one attached hydrogen (secondary N) is 2. The maximum atomic E-state index is 12.2. The van der Waals surface area contributed by atoms with E-state index in [0.717, 1.165) is 24.1 Å². The molecular formula is C18H16Cl2N2O2. The van der Waals surface area contributed by atoms with Crippen LogP contribution in [-0.2, 0) is 11.3 Å². The number of carbonyl (C=O) groups is 2. The van der Waals surface area contributed by atoms with Crippen LogP contribution in [-0.4, -0.2) is 11.8 Å². The first-order valence-corrected chi connectivity index (χ1v) is 8.42. The van der Waals surface area contributed by atoms with Gasteiger partial charge in [0.25, 0.3) is 5.91 Å². The quantitative estimate of drug-likeness (QED) is 0.834. The summed E-state index contributed by atoms with van der Waals surface area (Å²) >= 11 is 12.0. The third-order valence-corrected chi connectivity index (χ3v) is 4.64. The lowest BCUT2D eigenvalue weighted by Crippen LogP contribution is -2.23. The highest BCUT2D eigenvalue weighted by Gasteiger charge is 2.29. The number of anilines is 1. The summed E-state index contributed by atoms with van der Waals surface area (Å²) < 4.78 is 0. The van der Waals surface area contributed by atoms with Gasteiger partial charge in [0.1, 0.15) is 0 Å². The minimum Gasteiger partial charge on any atom is -0.348 e. The third-order valence-electron chi connectivity index (χ3n) is 3.82. The summed E-state index contributed by atoms with van der Waals surface area (Å²) in [5.41, 5.74) is 2.03. The van der Waals surface area contributed by atoms with Crippen molar-refractivity contribution in [3.8, 4) is 0 Å². The van der Waals surface area contributed by atoms with Crippen molar-refractivity contribution < 1.29 is 9.59 Å². The zero-order chi connectivity index (χ0) is 17.1. The van der Waals surface area contributed by atoms with Crippen LogP contribution in [0.25, 0.3) is 0 Å². The summed E-state index contributed by atoms with van der Waals surface area (Å²) in [5, 5.41) is 6.27. The van der Waals surface area contributed by atoms with Crippen LogP contribution < -0.4 is 10.6 Å². The van der Waals surface area contributed by atoms with Crippen molar-refractivity contribution in [2.75, 3.05) is 5.32 Å². The van der Waals surface area contributed by atoms with Crippen molar-refractivity contribution in [3.05, 3.63) is 63.6 Å². The fourth-order valence-electron chi connectivity index (χ4n) is 2.25. The van der Waals surface area contributed by atoms with E-state index in [1.807, 2.05) is 24.3 Å². The first-order chi connectivity index (χ1) is 11.5. The van der Waals surface area contributed by atoms with Crippen molar-refractivity contribution in [2.45, 2.75) is 19.4 Å². The Labute approximate surface area is 150 Å². The number of rotatable bonds is 5. The molecule has 0 heterocycles. The molecule has 1 aliphatic carbocycles. The molecule has 0 saturated heterocycles. The molecule has 0 bridgehead atoms. The van der Waals surface area contributed by atoms with Gasteiger partial charge in [-0.3, -0.25) is 9.59 Å². The Balaban J connectivity index is 1.57. The lowest BCUT2D eigenvalue weighted by Gasteiger charge is -2.09. The molecule has 0 atom stereocenters. The minimum atomic E-state index is -0.284. The van der Waals surface area contributed by atoms with E-state index in [-0.39, 0.29) is 22.8 Å². The van der Waals surface area contributed by atoms with Gasteiger partial charge < -0.3 is 10.6 Å². The monoisotopic (exact) mass is 362 g/mol. The molecule has 0 aliphatic heterocycles. The largest absolute Gasteiger partial charge is 0.348 e. The van der Waals surface area contributed by atoms with Gasteiger partial charge in [0.05, 0.1) is 15.6 Å². The molecule has 24 heavy (non-hydrogen) atoms. The van der Waals surface area contributed by atoms with E-state index in [0.29, 0.717) is 17.1 Å². The molecule has 0 aromatic heterocycles. The predicted molar refractivity (Wildman–Crippen MR) is 95.4 cm³/mol. The van der Waals surface area contributed by atoms with E-state index in [1.54, 1.807) is 18.2 Å². The Bertz CT molecular complexity index is 771. The van der Waals surface area contributed by atoms with Crippen molar-refractivity contribution in [3.63, 3.8) is 0 Å². The summed E-state index contributed by atoms with van der Waals surface area (Å²) in [6.45, 7) is 0.360. The van der Waals surface area contributed by atoms with Gasteiger partial charge in [-0.25, -0.2) is 0 Å². The molecule has 0 spiro atoms. The average molecular weight is 363 g/mol. The highest BCUT2D eigenvalue weighted by Crippen LogP contribution is 2.30. The van der Waals surface area contributed by atoms with E-state index < -0.39 is 0 Å². The second-order valence-electron chi connectivity index (χ2n) is 5.74. The van der Waals surface area contributed by atoms with Gasteiger partial charge in [-0.1, -0.05) is 41.4 Å². The highest BCUT2D eigenvalue weighted by molar-refractivity contribution is 6.43. The minimum absolute atomic E-state index is 0.0756. The molecule has 2 N–H and O–H groups in total. The number of benzene rings is 2.